The molecule has 4 nitrogen and oxygen atoms in total. The van der Waals surface area contributed by atoms with E-state index in [2.05, 4.69) is 5.32 Å². The second kappa shape index (κ2) is 3.70. The Kier molecular flexibility index (Phi) is 2.75. The van der Waals surface area contributed by atoms with E-state index in [4.69, 9.17) is 10.5 Å². The van der Waals surface area contributed by atoms with E-state index in [9.17, 15) is 4.79 Å². The third-order valence-corrected chi connectivity index (χ3v) is 3.90. The van der Waals surface area contributed by atoms with Crippen molar-refractivity contribution in [3.63, 3.8) is 0 Å². The number of esters is 1. The smallest absolute Gasteiger partial charge is 0.324 e. The molecular weight excluding hydrogens is 204 g/mol. The van der Waals surface area contributed by atoms with Crippen LogP contribution in [0.3, 0.4) is 0 Å². The zero-order valence-corrected chi connectivity index (χ0v) is 10.4. The summed E-state index contributed by atoms with van der Waals surface area (Å²) in [5.41, 5.74) is 5.62. The Balaban J connectivity index is 2.02. The first-order valence-corrected chi connectivity index (χ1v) is 6.04. The molecule has 4 heteroatoms. The van der Waals surface area contributed by atoms with Crippen LogP contribution < -0.4 is 11.1 Å². The highest BCUT2D eigenvalue weighted by molar-refractivity contribution is 5.77. The van der Waals surface area contributed by atoms with Crippen molar-refractivity contribution >= 4 is 5.97 Å². The maximum absolute atomic E-state index is 12.0. The van der Waals surface area contributed by atoms with E-state index >= 15 is 0 Å². The molecule has 0 aromatic heterocycles. The van der Waals surface area contributed by atoms with Crippen LogP contribution >= 0.6 is 0 Å². The first-order valence-electron chi connectivity index (χ1n) is 6.04. The topological polar surface area (TPSA) is 64.3 Å². The van der Waals surface area contributed by atoms with Gasteiger partial charge in [0.05, 0.1) is 0 Å². The Bertz CT molecular complexity index is 298. The van der Waals surface area contributed by atoms with Crippen molar-refractivity contribution in [1.29, 1.82) is 0 Å². The number of hydrogen-bond donors (Lipinski definition) is 2. The van der Waals surface area contributed by atoms with Crippen molar-refractivity contribution < 1.29 is 9.53 Å². The maximum Gasteiger partial charge on any atom is 0.324 e. The number of carbonyl (C=O) groups is 1. The number of nitrogens with two attached hydrogens (primary N) is 1. The van der Waals surface area contributed by atoms with Crippen LogP contribution in [0, 0.1) is 11.3 Å². The van der Waals surface area contributed by atoms with Gasteiger partial charge in [-0.1, -0.05) is 0 Å². The molecular formula is C12H22N2O2. The van der Waals surface area contributed by atoms with E-state index in [1.807, 2.05) is 20.8 Å². The number of hydrogen-bond acceptors (Lipinski definition) is 4. The Morgan fingerprint density at radius 3 is 2.69 bits per heavy atom. The van der Waals surface area contributed by atoms with Gasteiger partial charge in [0.25, 0.3) is 0 Å². The van der Waals surface area contributed by atoms with E-state index in [0.29, 0.717) is 5.92 Å². The molecule has 0 aromatic carbocycles. The number of nitrogens with one attached hydrogen (secondary N) is 1. The number of fused-ring (bicyclic) bond motifs is 1. The molecule has 1 saturated heterocycles. The first kappa shape index (κ1) is 11.9. The summed E-state index contributed by atoms with van der Waals surface area (Å²) in [6.07, 6.45) is 2.23. The van der Waals surface area contributed by atoms with Crippen molar-refractivity contribution in [2.75, 3.05) is 13.1 Å². The maximum atomic E-state index is 12.0. The van der Waals surface area contributed by atoms with Gasteiger partial charge in [-0.25, -0.2) is 0 Å². The van der Waals surface area contributed by atoms with Gasteiger partial charge in [-0.2, -0.15) is 0 Å². The van der Waals surface area contributed by atoms with Crippen LogP contribution in [0.4, 0.5) is 0 Å². The van der Waals surface area contributed by atoms with Crippen LogP contribution in [0.25, 0.3) is 0 Å². The molecule has 1 heterocycles. The van der Waals surface area contributed by atoms with Crippen LogP contribution in [0.1, 0.15) is 33.6 Å². The van der Waals surface area contributed by atoms with Crippen LogP contribution in [0.5, 0.6) is 0 Å². The van der Waals surface area contributed by atoms with Gasteiger partial charge in [-0.15, -0.1) is 0 Å². The SMILES string of the molecule is CC(C)(C)OC(=O)C(N)C12CCC1CNC2. The van der Waals surface area contributed by atoms with Gasteiger partial charge in [0.1, 0.15) is 11.6 Å². The van der Waals surface area contributed by atoms with E-state index < -0.39 is 11.6 Å². The van der Waals surface area contributed by atoms with Gasteiger partial charge in [-0.3, -0.25) is 4.79 Å². The van der Waals surface area contributed by atoms with Crippen LogP contribution in [-0.4, -0.2) is 30.7 Å². The highest BCUT2D eigenvalue weighted by Crippen LogP contribution is 2.51. The van der Waals surface area contributed by atoms with E-state index in [-0.39, 0.29) is 11.4 Å². The van der Waals surface area contributed by atoms with Crippen molar-refractivity contribution in [3.8, 4) is 0 Å². The van der Waals surface area contributed by atoms with Gasteiger partial charge in [0, 0.05) is 12.0 Å². The molecule has 2 rings (SSSR count). The third kappa shape index (κ3) is 1.84. The van der Waals surface area contributed by atoms with Crippen molar-refractivity contribution in [3.05, 3.63) is 0 Å². The molecule has 1 aliphatic heterocycles. The van der Waals surface area contributed by atoms with Gasteiger partial charge < -0.3 is 15.8 Å². The molecule has 2 fully saturated rings. The van der Waals surface area contributed by atoms with Gasteiger partial charge in [0.2, 0.25) is 0 Å². The van der Waals surface area contributed by atoms with E-state index in [1.54, 1.807) is 0 Å². The monoisotopic (exact) mass is 226 g/mol. The predicted molar refractivity (Wildman–Crippen MR) is 61.8 cm³/mol. The second-order valence-corrected chi connectivity index (χ2v) is 6.11. The van der Waals surface area contributed by atoms with Crippen molar-refractivity contribution in [2.45, 2.75) is 45.3 Å². The number of carbonyl (C=O) groups excluding carboxylic acids is 1. The van der Waals surface area contributed by atoms with Crippen molar-refractivity contribution in [2.24, 2.45) is 17.1 Å². The molecule has 1 aliphatic carbocycles. The lowest BCUT2D eigenvalue weighted by Crippen LogP contribution is -2.58. The van der Waals surface area contributed by atoms with E-state index in [1.165, 1.54) is 6.42 Å². The number of rotatable bonds is 2. The molecule has 3 unspecified atom stereocenters. The molecule has 16 heavy (non-hydrogen) atoms. The molecule has 0 spiro atoms. The fourth-order valence-electron chi connectivity index (χ4n) is 2.86. The summed E-state index contributed by atoms with van der Waals surface area (Å²) in [6.45, 7) is 7.48. The average molecular weight is 226 g/mol. The van der Waals surface area contributed by atoms with Gasteiger partial charge in [0.15, 0.2) is 0 Å². The lowest BCUT2D eigenvalue weighted by molar-refractivity contribution is -0.163. The van der Waals surface area contributed by atoms with Crippen LogP contribution in [-0.2, 0) is 9.53 Å². The average Bonchev–Trinajstić information content (AvgIpc) is 2.39. The molecule has 2 aliphatic rings. The van der Waals surface area contributed by atoms with Gasteiger partial charge >= 0.3 is 5.97 Å². The summed E-state index contributed by atoms with van der Waals surface area (Å²) < 4.78 is 5.37. The highest BCUT2D eigenvalue weighted by Gasteiger charge is 2.56. The summed E-state index contributed by atoms with van der Waals surface area (Å²) in [6, 6.07) is -0.472. The molecule has 1 saturated carbocycles. The molecule has 0 radical (unpaired) electrons. The Morgan fingerprint density at radius 2 is 2.25 bits per heavy atom. The predicted octanol–water partition coefficient (Wildman–Crippen LogP) is 0.655. The summed E-state index contributed by atoms with van der Waals surface area (Å²) in [5.74, 6) is 0.316. The van der Waals surface area contributed by atoms with Gasteiger partial charge in [-0.05, 0) is 46.1 Å². The Morgan fingerprint density at radius 1 is 1.56 bits per heavy atom. The fraction of sp³-hybridized carbons (Fsp3) is 0.917. The molecule has 3 N–H and O–H groups in total. The molecule has 0 bridgehead atoms. The lowest BCUT2D eigenvalue weighted by atomic mass is 9.58. The van der Waals surface area contributed by atoms with Crippen LogP contribution in [0.15, 0.2) is 0 Å². The standard InChI is InChI=1S/C12H22N2O2/c1-11(2,3)16-10(15)9(13)12-5-4-8(12)6-14-7-12/h8-9,14H,4-7,13H2,1-3H3. The summed E-state index contributed by atoms with van der Waals surface area (Å²) in [4.78, 5) is 12.0. The minimum Gasteiger partial charge on any atom is -0.459 e. The quantitative estimate of drug-likeness (QED) is 0.679. The molecule has 0 amide bonds. The highest BCUT2D eigenvalue weighted by atomic mass is 16.6. The largest absolute Gasteiger partial charge is 0.459 e. The number of ether oxygens (including phenoxy) is 1. The normalized spacial score (nSPS) is 35.1. The third-order valence-electron chi connectivity index (χ3n) is 3.90. The second-order valence-electron chi connectivity index (χ2n) is 6.11. The van der Waals surface area contributed by atoms with Crippen LogP contribution in [0.2, 0.25) is 0 Å². The Labute approximate surface area is 96.9 Å². The zero-order valence-electron chi connectivity index (χ0n) is 10.4. The molecule has 0 aromatic rings. The first-order chi connectivity index (χ1) is 7.35. The molecule has 92 valence electrons. The minimum atomic E-state index is -0.472. The summed E-state index contributed by atoms with van der Waals surface area (Å²) >= 11 is 0. The summed E-state index contributed by atoms with van der Waals surface area (Å²) in [7, 11) is 0. The minimum absolute atomic E-state index is 0.0255. The zero-order chi connectivity index (χ0) is 12.0. The fourth-order valence-corrected chi connectivity index (χ4v) is 2.86. The van der Waals surface area contributed by atoms with Crippen molar-refractivity contribution in [1.82, 2.24) is 5.32 Å². The summed E-state index contributed by atoms with van der Waals surface area (Å²) in [5, 5.41) is 3.34. The molecule has 3 atom stereocenters. The Hall–Kier alpha value is -0.610. The van der Waals surface area contributed by atoms with E-state index in [0.717, 1.165) is 19.5 Å². The lowest BCUT2D eigenvalue weighted by Gasteiger charge is -2.47.